The lowest BCUT2D eigenvalue weighted by atomic mass is 10.2. The maximum absolute atomic E-state index is 12.7. The first-order valence-corrected chi connectivity index (χ1v) is 11.3. The number of nitrogens with one attached hydrogen (secondary N) is 1. The summed E-state index contributed by atoms with van der Waals surface area (Å²) in [6.07, 6.45) is 1.15. The molecule has 1 amide bonds. The van der Waals surface area contributed by atoms with Crippen LogP contribution in [0.3, 0.4) is 0 Å². The predicted octanol–water partition coefficient (Wildman–Crippen LogP) is 4.48. The molecule has 30 heavy (non-hydrogen) atoms. The van der Waals surface area contributed by atoms with Gasteiger partial charge in [0.1, 0.15) is 11.5 Å². The molecule has 1 saturated carbocycles. The SMILES string of the molecule is CC1CC1c1ccc(CN(C)C(=O)c2ccc(S(=O)(=O)Nc3ccccc3)cc2)o1. The predicted molar refractivity (Wildman–Crippen MR) is 115 cm³/mol. The number of benzene rings is 2. The van der Waals surface area contributed by atoms with Gasteiger partial charge < -0.3 is 9.32 Å². The molecule has 3 aromatic rings. The summed E-state index contributed by atoms with van der Waals surface area (Å²) in [7, 11) is -2.02. The van der Waals surface area contributed by atoms with Gasteiger partial charge in [-0.1, -0.05) is 25.1 Å². The Bertz CT molecular complexity index is 1140. The van der Waals surface area contributed by atoms with Crippen molar-refractivity contribution in [2.75, 3.05) is 11.8 Å². The molecule has 156 valence electrons. The van der Waals surface area contributed by atoms with Crippen molar-refractivity contribution in [3.63, 3.8) is 0 Å². The number of sulfonamides is 1. The van der Waals surface area contributed by atoms with E-state index >= 15 is 0 Å². The molecule has 0 spiro atoms. The van der Waals surface area contributed by atoms with Crippen molar-refractivity contribution < 1.29 is 17.6 Å². The molecule has 1 aromatic heterocycles. The average Bonchev–Trinajstić information content (AvgIpc) is 3.28. The van der Waals surface area contributed by atoms with Crippen LogP contribution >= 0.6 is 0 Å². The Morgan fingerprint density at radius 3 is 2.37 bits per heavy atom. The molecule has 0 radical (unpaired) electrons. The summed E-state index contributed by atoms with van der Waals surface area (Å²) in [6, 6.07) is 18.5. The molecule has 1 heterocycles. The summed E-state index contributed by atoms with van der Waals surface area (Å²) < 4.78 is 33.4. The summed E-state index contributed by atoms with van der Waals surface area (Å²) in [5.74, 6) is 2.69. The Morgan fingerprint density at radius 2 is 1.73 bits per heavy atom. The van der Waals surface area contributed by atoms with Gasteiger partial charge in [0.15, 0.2) is 0 Å². The number of furan rings is 1. The Kier molecular flexibility index (Phi) is 5.39. The van der Waals surface area contributed by atoms with E-state index in [1.54, 1.807) is 36.2 Å². The molecule has 6 nitrogen and oxygen atoms in total. The Morgan fingerprint density at radius 1 is 1.07 bits per heavy atom. The molecule has 2 aromatic carbocycles. The van der Waals surface area contributed by atoms with E-state index in [-0.39, 0.29) is 10.8 Å². The summed E-state index contributed by atoms with van der Waals surface area (Å²) >= 11 is 0. The van der Waals surface area contributed by atoms with Gasteiger partial charge in [0.2, 0.25) is 0 Å². The summed E-state index contributed by atoms with van der Waals surface area (Å²) in [5.41, 5.74) is 0.898. The lowest BCUT2D eigenvalue weighted by Crippen LogP contribution is -2.26. The zero-order chi connectivity index (χ0) is 21.3. The van der Waals surface area contributed by atoms with Crippen molar-refractivity contribution in [1.29, 1.82) is 0 Å². The fourth-order valence-electron chi connectivity index (χ4n) is 3.42. The number of hydrogen-bond acceptors (Lipinski definition) is 4. The second-order valence-electron chi connectivity index (χ2n) is 7.78. The molecule has 1 aliphatic rings. The fourth-order valence-corrected chi connectivity index (χ4v) is 4.48. The van der Waals surface area contributed by atoms with Crippen molar-refractivity contribution in [3.05, 3.63) is 83.8 Å². The molecule has 0 aliphatic heterocycles. The maximum Gasteiger partial charge on any atom is 0.261 e. The third-order valence-electron chi connectivity index (χ3n) is 5.33. The number of hydrogen-bond donors (Lipinski definition) is 1. The van der Waals surface area contributed by atoms with Crippen molar-refractivity contribution in [1.82, 2.24) is 4.90 Å². The van der Waals surface area contributed by atoms with E-state index in [1.165, 1.54) is 24.3 Å². The Hall–Kier alpha value is -3.06. The van der Waals surface area contributed by atoms with Crippen molar-refractivity contribution >= 4 is 21.6 Å². The highest BCUT2D eigenvalue weighted by atomic mass is 32.2. The topological polar surface area (TPSA) is 79.6 Å². The summed E-state index contributed by atoms with van der Waals surface area (Å²) in [5, 5.41) is 0. The summed E-state index contributed by atoms with van der Waals surface area (Å²) in [6.45, 7) is 2.55. The minimum absolute atomic E-state index is 0.0970. The van der Waals surface area contributed by atoms with Gasteiger partial charge in [-0.25, -0.2) is 8.42 Å². The first-order chi connectivity index (χ1) is 14.3. The van der Waals surface area contributed by atoms with E-state index in [4.69, 9.17) is 4.42 Å². The normalized spacial score (nSPS) is 18.1. The van der Waals surface area contributed by atoms with Crippen LogP contribution in [-0.4, -0.2) is 26.3 Å². The molecule has 4 rings (SSSR count). The van der Waals surface area contributed by atoms with Crippen LogP contribution in [0.2, 0.25) is 0 Å². The highest BCUT2D eigenvalue weighted by molar-refractivity contribution is 7.92. The zero-order valence-corrected chi connectivity index (χ0v) is 17.7. The lowest BCUT2D eigenvalue weighted by molar-refractivity contribution is 0.0774. The number of carbonyl (C=O) groups excluding carboxylic acids is 1. The van der Waals surface area contributed by atoms with Gasteiger partial charge in [-0.15, -0.1) is 0 Å². The second-order valence-corrected chi connectivity index (χ2v) is 9.46. The molecule has 1 aliphatic carbocycles. The van der Waals surface area contributed by atoms with Crippen LogP contribution in [0.1, 0.15) is 41.1 Å². The molecular weight excluding hydrogens is 400 g/mol. The molecule has 0 saturated heterocycles. The molecule has 2 unspecified atom stereocenters. The molecular formula is C23H24N2O4S. The van der Waals surface area contributed by atoms with Gasteiger partial charge >= 0.3 is 0 Å². The van der Waals surface area contributed by atoms with Crippen LogP contribution in [-0.2, 0) is 16.6 Å². The van der Waals surface area contributed by atoms with Crippen LogP contribution < -0.4 is 4.72 Å². The van der Waals surface area contributed by atoms with Gasteiger partial charge in [0.25, 0.3) is 15.9 Å². The first kappa shape index (κ1) is 20.2. The van der Waals surface area contributed by atoms with Crippen LogP contribution in [0.15, 0.2) is 76.0 Å². The molecule has 2 atom stereocenters. The first-order valence-electron chi connectivity index (χ1n) is 9.85. The minimum atomic E-state index is -3.72. The van der Waals surface area contributed by atoms with E-state index in [0.717, 1.165) is 17.9 Å². The van der Waals surface area contributed by atoms with E-state index in [2.05, 4.69) is 11.6 Å². The van der Waals surface area contributed by atoms with Crippen LogP contribution in [0, 0.1) is 5.92 Å². The second kappa shape index (κ2) is 7.99. The quantitative estimate of drug-likeness (QED) is 0.607. The van der Waals surface area contributed by atoms with Gasteiger partial charge in [0, 0.05) is 24.2 Å². The van der Waals surface area contributed by atoms with Crippen molar-refractivity contribution in [2.45, 2.75) is 30.7 Å². The van der Waals surface area contributed by atoms with Crippen LogP contribution in [0.4, 0.5) is 5.69 Å². The highest BCUT2D eigenvalue weighted by Gasteiger charge is 2.36. The van der Waals surface area contributed by atoms with E-state index in [0.29, 0.717) is 29.6 Å². The van der Waals surface area contributed by atoms with Gasteiger partial charge in [-0.3, -0.25) is 9.52 Å². The molecule has 1 N–H and O–H groups in total. The lowest BCUT2D eigenvalue weighted by Gasteiger charge is -2.16. The number of amides is 1. The van der Waals surface area contributed by atoms with Crippen molar-refractivity contribution in [2.24, 2.45) is 5.92 Å². The fraction of sp³-hybridized carbons (Fsp3) is 0.261. The number of rotatable bonds is 7. The largest absolute Gasteiger partial charge is 0.464 e. The van der Waals surface area contributed by atoms with Crippen molar-refractivity contribution in [3.8, 4) is 0 Å². The average molecular weight is 425 g/mol. The standard InChI is InChI=1S/C23H24N2O4S/c1-16-14-21(16)22-13-10-19(29-22)15-25(2)23(26)17-8-11-20(12-9-17)30(27,28)24-18-6-4-3-5-7-18/h3-13,16,21,24H,14-15H2,1-2H3. The number of anilines is 1. The third kappa shape index (κ3) is 4.41. The zero-order valence-electron chi connectivity index (χ0n) is 16.9. The van der Waals surface area contributed by atoms with Crippen LogP contribution in [0.5, 0.6) is 0 Å². The van der Waals surface area contributed by atoms with Gasteiger partial charge in [-0.2, -0.15) is 0 Å². The van der Waals surface area contributed by atoms with E-state index in [1.807, 2.05) is 18.2 Å². The van der Waals surface area contributed by atoms with Gasteiger partial charge in [-0.05, 0) is 60.9 Å². The molecule has 1 fully saturated rings. The van der Waals surface area contributed by atoms with E-state index < -0.39 is 10.0 Å². The smallest absolute Gasteiger partial charge is 0.261 e. The van der Waals surface area contributed by atoms with Crippen LogP contribution in [0.25, 0.3) is 0 Å². The van der Waals surface area contributed by atoms with Gasteiger partial charge in [0.05, 0.1) is 11.4 Å². The Labute approximate surface area is 176 Å². The Balaban J connectivity index is 1.41. The highest BCUT2D eigenvalue weighted by Crippen LogP contribution is 2.47. The third-order valence-corrected chi connectivity index (χ3v) is 6.73. The number of carbonyl (C=O) groups is 1. The summed E-state index contributed by atoms with van der Waals surface area (Å²) in [4.78, 5) is 14.4. The van der Waals surface area contributed by atoms with E-state index in [9.17, 15) is 13.2 Å². The minimum Gasteiger partial charge on any atom is -0.464 e. The number of nitrogens with zero attached hydrogens (tertiary/aromatic N) is 1. The molecule has 0 bridgehead atoms. The maximum atomic E-state index is 12.7. The monoisotopic (exact) mass is 424 g/mol. The number of para-hydroxylation sites is 1. The molecule has 7 heteroatoms.